The maximum Gasteiger partial charge on any atom is 0.330 e. The molecule has 1 amide bonds. The maximum atomic E-state index is 12.5. The Bertz CT molecular complexity index is 727. The number of rotatable bonds is 1. The number of thioether (sulfide) groups is 1. The summed E-state index contributed by atoms with van der Waals surface area (Å²) >= 11 is 1.10. The van der Waals surface area contributed by atoms with Crippen molar-refractivity contribution in [3.8, 4) is 0 Å². The average molecular weight is 456 g/mol. The average Bonchev–Trinajstić information content (AvgIpc) is 3.14. The van der Waals surface area contributed by atoms with Crippen molar-refractivity contribution < 1.29 is 34.4 Å². The summed E-state index contributed by atoms with van der Waals surface area (Å²) in [7, 11) is 0. The van der Waals surface area contributed by atoms with Crippen LogP contribution in [0.5, 0.6) is 0 Å². The zero-order valence-corrected chi connectivity index (χ0v) is 18.8. The van der Waals surface area contributed by atoms with E-state index in [1.54, 1.807) is 13.0 Å². The van der Waals surface area contributed by atoms with Gasteiger partial charge in [0.2, 0.25) is 0 Å². The molecule has 4 N–H and O–H groups in total. The number of carbonyl (C=O) groups excluding carboxylic acids is 2. The van der Waals surface area contributed by atoms with Crippen LogP contribution in [0, 0.1) is 5.92 Å². The molecule has 0 aromatic rings. The zero-order valence-electron chi connectivity index (χ0n) is 18.0. The Kier molecular flexibility index (Phi) is 8.20. The third-order valence-electron chi connectivity index (χ3n) is 6.09. The number of aliphatic hydroxyl groups is 3. The third-order valence-corrected chi connectivity index (χ3v) is 6.97. The molecule has 3 aliphatic heterocycles. The van der Waals surface area contributed by atoms with Gasteiger partial charge in [0.25, 0.3) is 5.24 Å². The van der Waals surface area contributed by atoms with Gasteiger partial charge in [-0.1, -0.05) is 36.4 Å². The summed E-state index contributed by atoms with van der Waals surface area (Å²) < 4.78 is 11.7. The van der Waals surface area contributed by atoms with Gasteiger partial charge in [-0.05, 0) is 38.5 Å². The first kappa shape index (κ1) is 24.3. The van der Waals surface area contributed by atoms with Crippen LogP contribution >= 0.6 is 11.8 Å². The molecule has 174 valence electrons. The van der Waals surface area contributed by atoms with Crippen molar-refractivity contribution in [2.75, 3.05) is 5.75 Å². The molecule has 2 saturated heterocycles. The zero-order chi connectivity index (χ0) is 22.6. The number of ether oxygens (including phenoxy) is 2. The van der Waals surface area contributed by atoms with Gasteiger partial charge in [-0.3, -0.25) is 4.79 Å². The number of amides is 1. The van der Waals surface area contributed by atoms with E-state index in [4.69, 9.17) is 9.47 Å². The quantitative estimate of drug-likeness (QED) is 0.350. The summed E-state index contributed by atoms with van der Waals surface area (Å²) in [6.07, 6.45) is 4.79. The van der Waals surface area contributed by atoms with Gasteiger partial charge in [0.15, 0.2) is 5.79 Å². The van der Waals surface area contributed by atoms with Crippen molar-refractivity contribution in [2.24, 2.45) is 5.92 Å². The molecular weight excluding hydrogens is 422 g/mol. The fourth-order valence-electron chi connectivity index (χ4n) is 4.20. The topological polar surface area (TPSA) is 125 Å². The van der Waals surface area contributed by atoms with E-state index in [-0.39, 0.29) is 23.7 Å². The second kappa shape index (κ2) is 10.5. The van der Waals surface area contributed by atoms with Crippen molar-refractivity contribution >= 4 is 23.0 Å². The molecule has 0 radical (unpaired) electrons. The molecule has 0 spiro atoms. The van der Waals surface area contributed by atoms with Crippen molar-refractivity contribution in [1.82, 2.24) is 5.32 Å². The lowest BCUT2D eigenvalue weighted by Crippen LogP contribution is -2.58. The van der Waals surface area contributed by atoms with E-state index in [9.17, 15) is 24.9 Å². The first-order valence-corrected chi connectivity index (χ1v) is 11.9. The SMILES string of the molecule is C/C1=C/C(=O)O[C@@H]2C[C@@H](CC[C@H](C)/C=C\[C@H](O)[C@@H](O)CC1)O[C@@](O)([C@@H]1CSC(=O)N1)C2. The molecule has 0 unspecified atom stereocenters. The molecule has 9 heteroatoms. The van der Waals surface area contributed by atoms with E-state index in [2.05, 4.69) is 5.32 Å². The maximum absolute atomic E-state index is 12.5. The van der Waals surface area contributed by atoms with Crippen LogP contribution in [0.15, 0.2) is 23.8 Å². The van der Waals surface area contributed by atoms with Gasteiger partial charge >= 0.3 is 5.97 Å². The number of allylic oxidation sites excluding steroid dienone is 2. The fraction of sp³-hybridized carbons (Fsp3) is 0.727. The number of fused-ring (bicyclic) bond motifs is 2. The molecule has 0 aliphatic carbocycles. The van der Waals surface area contributed by atoms with Gasteiger partial charge in [-0.2, -0.15) is 0 Å². The molecule has 7 atom stereocenters. The summed E-state index contributed by atoms with van der Waals surface area (Å²) in [4.78, 5) is 24.1. The summed E-state index contributed by atoms with van der Waals surface area (Å²) in [5, 5.41) is 34.1. The minimum absolute atomic E-state index is 0.0913. The molecule has 3 heterocycles. The van der Waals surface area contributed by atoms with Crippen molar-refractivity contribution in [1.29, 1.82) is 0 Å². The molecule has 2 fully saturated rings. The Morgan fingerprint density at radius 2 is 1.94 bits per heavy atom. The third kappa shape index (κ3) is 6.79. The Labute approximate surface area is 187 Å². The molecule has 8 nitrogen and oxygen atoms in total. The van der Waals surface area contributed by atoms with Gasteiger partial charge in [-0.15, -0.1) is 0 Å². The van der Waals surface area contributed by atoms with E-state index in [0.717, 1.165) is 23.8 Å². The Balaban J connectivity index is 1.79. The second-order valence-electron chi connectivity index (χ2n) is 8.91. The van der Waals surface area contributed by atoms with Crippen LogP contribution < -0.4 is 5.32 Å². The highest BCUT2D eigenvalue weighted by Gasteiger charge is 2.49. The highest BCUT2D eigenvalue weighted by molar-refractivity contribution is 8.14. The number of esters is 1. The first-order chi connectivity index (χ1) is 14.6. The van der Waals surface area contributed by atoms with Crippen LogP contribution in [0.1, 0.15) is 52.4 Å². The van der Waals surface area contributed by atoms with E-state index in [1.165, 1.54) is 6.08 Å². The predicted molar refractivity (Wildman–Crippen MR) is 116 cm³/mol. The molecule has 2 bridgehead atoms. The monoisotopic (exact) mass is 455 g/mol. The van der Waals surface area contributed by atoms with E-state index in [1.807, 2.05) is 13.0 Å². The number of hydrogen-bond acceptors (Lipinski definition) is 8. The predicted octanol–water partition coefficient (Wildman–Crippen LogP) is 2.03. The Morgan fingerprint density at radius 1 is 1.16 bits per heavy atom. The van der Waals surface area contributed by atoms with Gasteiger partial charge < -0.3 is 30.1 Å². The van der Waals surface area contributed by atoms with E-state index >= 15 is 0 Å². The van der Waals surface area contributed by atoms with E-state index in [0.29, 0.717) is 31.4 Å². The number of hydrogen-bond donors (Lipinski definition) is 4. The molecule has 0 saturated carbocycles. The standard InChI is InChI=1S/C22H33NO7S/c1-13-3-6-15-10-16(11-22(28,30-15)19-12-31-21(27)23-19)29-20(26)9-14(2)5-8-18(25)17(24)7-4-13/h4,7,9,13,15-19,24-25,28H,3,5-6,8,10-12H2,1-2H3,(H,23,27)/b7-4-,14-9-/t13-,15+,16+,17-,18-,19-,22+/m0/s1. The van der Waals surface area contributed by atoms with Crippen molar-refractivity contribution in [3.63, 3.8) is 0 Å². The molecule has 0 aromatic heterocycles. The second-order valence-corrected chi connectivity index (χ2v) is 9.90. The summed E-state index contributed by atoms with van der Waals surface area (Å²) in [5.41, 5.74) is 0.735. The van der Waals surface area contributed by atoms with Crippen LogP contribution in [-0.2, 0) is 14.3 Å². The van der Waals surface area contributed by atoms with Crippen LogP contribution in [0.3, 0.4) is 0 Å². The highest BCUT2D eigenvalue weighted by Crippen LogP contribution is 2.37. The lowest BCUT2D eigenvalue weighted by atomic mass is 9.90. The molecule has 3 rings (SSSR count). The van der Waals surface area contributed by atoms with E-state index < -0.39 is 36.1 Å². The summed E-state index contributed by atoms with van der Waals surface area (Å²) in [6, 6.07) is -0.564. The van der Waals surface area contributed by atoms with Gasteiger partial charge in [0.05, 0.1) is 24.4 Å². The Hall–Kier alpha value is -1.39. The van der Waals surface area contributed by atoms with Crippen LogP contribution in [0.4, 0.5) is 4.79 Å². The number of nitrogens with one attached hydrogen (secondary N) is 1. The summed E-state index contributed by atoms with van der Waals surface area (Å²) in [6.45, 7) is 3.78. The smallest absolute Gasteiger partial charge is 0.330 e. The lowest BCUT2D eigenvalue weighted by molar-refractivity contribution is -0.283. The molecular formula is C22H33NO7S. The first-order valence-electron chi connectivity index (χ1n) is 10.9. The number of aliphatic hydroxyl groups excluding tert-OH is 2. The fourth-order valence-corrected chi connectivity index (χ4v) is 5.09. The van der Waals surface area contributed by atoms with Gasteiger partial charge in [0.1, 0.15) is 6.10 Å². The molecule has 0 aromatic carbocycles. The van der Waals surface area contributed by atoms with Crippen molar-refractivity contribution in [3.05, 3.63) is 23.8 Å². The van der Waals surface area contributed by atoms with Gasteiger partial charge in [-0.25, -0.2) is 4.79 Å². The van der Waals surface area contributed by atoms with Gasteiger partial charge in [0, 0.05) is 24.7 Å². The summed E-state index contributed by atoms with van der Waals surface area (Å²) in [5.74, 6) is -1.60. The highest BCUT2D eigenvalue weighted by atomic mass is 32.2. The normalized spacial score (nSPS) is 43.5. The lowest BCUT2D eigenvalue weighted by Gasteiger charge is -2.43. The van der Waals surface area contributed by atoms with Crippen LogP contribution in [0.25, 0.3) is 0 Å². The molecule has 3 aliphatic rings. The van der Waals surface area contributed by atoms with Crippen LogP contribution in [0.2, 0.25) is 0 Å². The number of carbonyl (C=O) groups is 2. The largest absolute Gasteiger partial charge is 0.459 e. The van der Waals surface area contributed by atoms with Crippen LogP contribution in [-0.4, -0.2) is 68.5 Å². The minimum Gasteiger partial charge on any atom is -0.459 e. The molecule has 31 heavy (non-hydrogen) atoms. The minimum atomic E-state index is -1.60. The Morgan fingerprint density at radius 3 is 2.65 bits per heavy atom. The van der Waals surface area contributed by atoms with Crippen molar-refractivity contribution in [2.45, 2.75) is 88.6 Å².